The summed E-state index contributed by atoms with van der Waals surface area (Å²) in [6.45, 7) is 5.21. The van der Waals surface area contributed by atoms with Crippen molar-refractivity contribution < 1.29 is 9.90 Å². The molecule has 0 spiro atoms. The number of ketones is 1. The molecule has 3 nitrogen and oxygen atoms in total. The summed E-state index contributed by atoms with van der Waals surface area (Å²) in [5, 5.41) is 10.2. The van der Waals surface area contributed by atoms with Gasteiger partial charge in [-0.1, -0.05) is 6.92 Å². The smallest absolute Gasteiger partial charge is 0.161 e. The molecule has 1 aromatic heterocycles. The third-order valence-corrected chi connectivity index (χ3v) is 3.38. The van der Waals surface area contributed by atoms with E-state index in [4.69, 9.17) is 0 Å². The molecule has 0 fully saturated rings. The third-order valence-electron chi connectivity index (χ3n) is 2.13. The number of aliphatic hydroxyl groups excluding tert-OH is 1. The number of rotatable bonds is 4. The summed E-state index contributed by atoms with van der Waals surface area (Å²) in [5.74, 6) is 0.0163. The zero-order chi connectivity index (χ0) is 11.4. The fourth-order valence-corrected chi connectivity index (χ4v) is 1.79. The van der Waals surface area contributed by atoms with Crippen molar-refractivity contribution in [3.8, 4) is 0 Å². The second-order valence-corrected chi connectivity index (χ2v) is 4.90. The van der Waals surface area contributed by atoms with E-state index < -0.39 is 0 Å². The molecule has 2 atom stereocenters. The van der Waals surface area contributed by atoms with E-state index in [1.165, 1.54) is 18.7 Å². The topological polar surface area (TPSA) is 50.2 Å². The summed E-state index contributed by atoms with van der Waals surface area (Å²) < 4.78 is 0. The number of carbonyl (C=O) groups excluding carboxylic acids is 1. The van der Waals surface area contributed by atoms with Gasteiger partial charge in [-0.05, 0) is 26.0 Å². The van der Waals surface area contributed by atoms with Crippen LogP contribution < -0.4 is 0 Å². The van der Waals surface area contributed by atoms with Gasteiger partial charge in [0.25, 0.3) is 0 Å². The molecule has 1 heterocycles. The van der Waals surface area contributed by atoms with Gasteiger partial charge in [0, 0.05) is 17.0 Å². The maximum atomic E-state index is 11.0. The molecule has 1 rings (SSSR count). The molecule has 0 aliphatic rings. The molecule has 82 valence electrons. The number of Topliss-reactive ketones (excluding diaryl/α,β-unsaturated/α-hetero) is 1. The van der Waals surface area contributed by atoms with Crippen LogP contribution in [0.4, 0.5) is 0 Å². The van der Waals surface area contributed by atoms with Crippen LogP contribution in [-0.4, -0.2) is 27.2 Å². The minimum absolute atomic E-state index is 0.0163. The van der Waals surface area contributed by atoms with Crippen LogP contribution in [0.25, 0.3) is 0 Å². The highest BCUT2D eigenvalue weighted by Crippen LogP contribution is 2.23. The fourth-order valence-electron chi connectivity index (χ4n) is 0.947. The highest BCUT2D eigenvalue weighted by atomic mass is 32.2. The number of thioether (sulfide) groups is 1. The normalized spacial score (nSPS) is 14.7. The van der Waals surface area contributed by atoms with Gasteiger partial charge < -0.3 is 5.11 Å². The first-order chi connectivity index (χ1) is 7.00. The van der Waals surface area contributed by atoms with Crippen LogP contribution >= 0.6 is 11.8 Å². The monoisotopic (exact) mass is 225 g/mol. The largest absolute Gasteiger partial charge is 0.392 e. The lowest BCUT2D eigenvalue weighted by molar-refractivity contribution is 0.101. The molecule has 0 bridgehead atoms. The number of hydrogen-bond donors (Lipinski definition) is 1. The molecule has 0 saturated carbocycles. The summed E-state index contributed by atoms with van der Waals surface area (Å²) in [5.41, 5.74) is 0.615. The highest BCUT2D eigenvalue weighted by molar-refractivity contribution is 7.99. The number of aliphatic hydroxyl groups is 1. The second-order valence-electron chi connectivity index (χ2n) is 3.50. The lowest BCUT2D eigenvalue weighted by Gasteiger charge is -2.13. The van der Waals surface area contributed by atoms with Crippen LogP contribution in [0, 0.1) is 0 Å². The SMILES string of the molecule is CC(=O)c1ccc(SC(C)C(C)O)nc1. The predicted molar refractivity (Wildman–Crippen MR) is 61.2 cm³/mol. The van der Waals surface area contributed by atoms with Crippen molar-refractivity contribution >= 4 is 17.5 Å². The second kappa shape index (κ2) is 5.28. The van der Waals surface area contributed by atoms with Crippen molar-refractivity contribution in [3.63, 3.8) is 0 Å². The summed E-state index contributed by atoms with van der Waals surface area (Å²) in [6.07, 6.45) is 1.20. The average molecular weight is 225 g/mol. The molecule has 1 aromatic rings. The van der Waals surface area contributed by atoms with Crippen molar-refractivity contribution in [2.45, 2.75) is 37.2 Å². The molecule has 0 aliphatic heterocycles. The number of nitrogens with zero attached hydrogens (tertiary/aromatic N) is 1. The number of aromatic nitrogens is 1. The Hall–Kier alpha value is -0.870. The molecule has 0 aliphatic carbocycles. The zero-order valence-electron chi connectivity index (χ0n) is 9.10. The van der Waals surface area contributed by atoms with Crippen molar-refractivity contribution in [1.29, 1.82) is 0 Å². The van der Waals surface area contributed by atoms with E-state index in [0.29, 0.717) is 5.56 Å². The third kappa shape index (κ3) is 3.64. The fraction of sp³-hybridized carbons (Fsp3) is 0.455. The van der Waals surface area contributed by atoms with Crippen LogP contribution in [0.3, 0.4) is 0 Å². The Morgan fingerprint density at radius 1 is 1.47 bits per heavy atom. The van der Waals surface area contributed by atoms with Gasteiger partial charge in [0.15, 0.2) is 5.78 Å². The van der Waals surface area contributed by atoms with Crippen molar-refractivity contribution in [2.24, 2.45) is 0 Å². The zero-order valence-corrected chi connectivity index (χ0v) is 9.91. The number of pyridine rings is 1. The van der Waals surface area contributed by atoms with Crippen molar-refractivity contribution in [3.05, 3.63) is 23.9 Å². The van der Waals surface area contributed by atoms with E-state index in [1.807, 2.05) is 6.92 Å². The van der Waals surface area contributed by atoms with E-state index in [-0.39, 0.29) is 17.1 Å². The first kappa shape index (κ1) is 12.2. The quantitative estimate of drug-likeness (QED) is 0.630. The maximum Gasteiger partial charge on any atom is 0.161 e. The first-order valence-corrected chi connectivity index (χ1v) is 5.70. The molecule has 0 aromatic carbocycles. The van der Waals surface area contributed by atoms with Gasteiger partial charge in [0.05, 0.1) is 11.1 Å². The maximum absolute atomic E-state index is 11.0. The minimum atomic E-state index is -0.371. The lowest BCUT2D eigenvalue weighted by Crippen LogP contribution is -2.15. The van der Waals surface area contributed by atoms with Crippen molar-refractivity contribution in [2.75, 3.05) is 0 Å². The van der Waals surface area contributed by atoms with E-state index >= 15 is 0 Å². The van der Waals surface area contributed by atoms with E-state index in [2.05, 4.69) is 4.98 Å². The summed E-state index contributed by atoms with van der Waals surface area (Å²) >= 11 is 1.50. The molecule has 2 unspecified atom stereocenters. The van der Waals surface area contributed by atoms with Gasteiger partial charge in [-0.2, -0.15) is 0 Å². The van der Waals surface area contributed by atoms with Crippen LogP contribution in [0.5, 0.6) is 0 Å². The van der Waals surface area contributed by atoms with Crippen LogP contribution in [-0.2, 0) is 0 Å². The van der Waals surface area contributed by atoms with Gasteiger partial charge >= 0.3 is 0 Å². The Morgan fingerprint density at radius 2 is 2.13 bits per heavy atom. The van der Waals surface area contributed by atoms with Gasteiger partial charge in [-0.3, -0.25) is 4.79 Å². The molecule has 0 amide bonds. The molecular formula is C11H15NO2S. The van der Waals surface area contributed by atoms with E-state index in [0.717, 1.165) is 5.03 Å². The highest BCUT2D eigenvalue weighted by Gasteiger charge is 2.11. The molecule has 0 radical (unpaired) electrons. The number of hydrogen-bond acceptors (Lipinski definition) is 4. The Morgan fingerprint density at radius 3 is 2.53 bits per heavy atom. The van der Waals surface area contributed by atoms with Gasteiger partial charge in [0.1, 0.15) is 0 Å². The molecule has 15 heavy (non-hydrogen) atoms. The average Bonchev–Trinajstić information content (AvgIpc) is 2.18. The van der Waals surface area contributed by atoms with Gasteiger partial charge in [0.2, 0.25) is 0 Å². The Balaban J connectivity index is 2.68. The standard InChI is InChI=1S/C11H15NO2S/c1-7(13)9(3)15-11-5-4-10(6-12-11)8(2)14/h4-7,9,13H,1-3H3. The summed E-state index contributed by atoms with van der Waals surface area (Å²) in [4.78, 5) is 15.2. The Kier molecular flexibility index (Phi) is 4.29. The van der Waals surface area contributed by atoms with Crippen LogP contribution in [0.2, 0.25) is 0 Å². The molecular weight excluding hydrogens is 210 g/mol. The Labute approximate surface area is 93.9 Å². The predicted octanol–water partition coefficient (Wildman–Crippen LogP) is 2.15. The number of carbonyl (C=O) groups is 1. The summed E-state index contributed by atoms with van der Waals surface area (Å²) in [6, 6.07) is 3.56. The van der Waals surface area contributed by atoms with Crippen LogP contribution in [0.15, 0.2) is 23.4 Å². The first-order valence-electron chi connectivity index (χ1n) is 4.82. The van der Waals surface area contributed by atoms with Crippen molar-refractivity contribution in [1.82, 2.24) is 4.98 Å². The van der Waals surface area contributed by atoms with Gasteiger partial charge in [-0.25, -0.2) is 4.98 Å². The molecule has 0 saturated heterocycles. The lowest BCUT2D eigenvalue weighted by atomic mass is 10.2. The Bertz CT molecular complexity index is 335. The summed E-state index contributed by atoms with van der Waals surface area (Å²) in [7, 11) is 0. The van der Waals surface area contributed by atoms with Crippen LogP contribution in [0.1, 0.15) is 31.1 Å². The molecule has 1 N–H and O–H groups in total. The molecule has 4 heteroatoms. The minimum Gasteiger partial charge on any atom is -0.392 e. The van der Waals surface area contributed by atoms with E-state index in [9.17, 15) is 9.90 Å². The van der Waals surface area contributed by atoms with E-state index in [1.54, 1.807) is 25.3 Å². The van der Waals surface area contributed by atoms with Gasteiger partial charge in [-0.15, -0.1) is 11.8 Å².